The molecule has 3 amide bonds. The molecule has 5 heterocycles. The molecule has 19 nitrogen and oxygen atoms in total. The molecule has 468 valence electrons. The van der Waals surface area contributed by atoms with E-state index in [1.807, 2.05) is 74.5 Å². The smallest absolute Gasteiger partial charge is 0.243 e. The molecule has 0 radical (unpaired) electrons. The van der Waals surface area contributed by atoms with Crippen molar-refractivity contribution in [3.63, 3.8) is 0 Å². The lowest BCUT2D eigenvalue weighted by Crippen LogP contribution is -2.54. The summed E-state index contributed by atoms with van der Waals surface area (Å²) in [5, 5.41) is 14.4. The Morgan fingerprint density at radius 2 is 1.48 bits per heavy atom. The first-order valence-corrected chi connectivity index (χ1v) is 31.9. The molecule has 2 aromatic heterocycles. The SMILES string of the molecule is [C-]#[N+]c1ccc2c3c([nH]c2c1)C(C)(C)c1cc(N2CCC(N4CCN(C(=O)CCOCCOCCOCCOCCOCCC(=O)C[C@H](C(=O)N5C[C@H](O)C[C@H]5C(=O)NCc5ccc(-c6scnc6C)cc5)C(C)(C)C)CC4)CC2)c(CC)cc1C3=O. The number of carbonyl (C=O) groups excluding carboxylic acids is 5. The van der Waals surface area contributed by atoms with Crippen LogP contribution >= 0.6 is 11.3 Å². The van der Waals surface area contributed by atoms with Gasteiger partial charge in [-0.3, -0.25) is 28.9 Å². The number of likely N-dealkylation sites (tertiary alicyclic amines) is 1. The topological polar surface area (TPSA) is 210 Å². The first-order chi connectivity index (χ1) is 41.9. The van der Waals surface area contributed by atoms with Gasteiger partial charge in [0.1, 0.15) is 11.8 Å². The highest BCUT2D eigenvalue weighted by atomic mass is 32.1. The summed E-state index contributed by atoms with van der Waals surface area (Å²) < 4.78 is 28.3. The van der Waals surface area contributed by atoms with Crippen LogP contribution in [0.2, 0.25) is 0 Å². The number of nitrogens with zero attached hydrogens (tertiary/aromatic N) is 6. The van der Waals surface area contributed by atoms with Crippen molar-refractivity contribution in [3.8, 4) is 10.4 Å². The van der Waals surface area contributed by atoms with Gasteiger partial charge in [-0.25, -0.2) is 9.83 Å². The van der Waals surface area contributed by atoms with E-state index in [-0.39, 0.29) is 68.2 Å². The number of fused-ring (bicyclic) bond motifs is 4. The molecule has 3 N–H and O–H groups in total. The number of carbonyl (C=O) groups is 5. The number of aliphatic hydroxyl groups is 1. The number of nitrogens with one attached hydrogen (secondary N) is 2. The monoisotopic (exact) mass is 1210 g/mol. The number of H-pyrrole nitrogens is 1. The summed E-state index contributed by atoms with van der Waals surface area (Å²) in [6, 6.07) is 17.5. The number of aliphatic hydroxyl groups excluding tert-OH is 1. The van der Waals surface area contributed by atoms with Crippen molar-refractivity contribution in [2.45, 2.75) is 124 Å². The van der Waals surface area contributed by atoms with E-state index in [2.05, 4.69) is 62.8 Å². The van der Waals surface area contributed by atoms with E-state index < -0.39 is 28.9 Å². The Bertz CT molecular complexity index is 3240. The molecule has 20 heteroatoms. The summed E-state index contributed by atoms with van der Waals surface area (Å²) in [7, 11) is 0. The van der Waals surface area contributed by atoms with E-state index in [0.29, 0.717) is 90.7 Å². The summed E-state index contributed by atoms with van der Waals surface area (Å²) in [6.45, 7) is 30.5. The molecule has 87 heavy (non-hydrogen) atoms. The van der Waals surface area contributed by atoms with Crippen LogP contribution in [0.1, 0.15) is 124 Å². The molecule has 3 aromatic carbocycles. The van der Waals surface area contributed by atoms with E-state index in [1.54, 1.807) is 17.4 Å². The normalized spacial score (nSPS) is 18.4. The molecular weight excluding hydrogens is 1120 g/mol. The fourth-order valence-electron chi connectivity index (χ4n) is 12.7. The predicted octanol–water partition coefficient (Wildman–Crippen LogP) is 8.46. The number of hydrogen-bond acceptors (Lipinski definition) is 15. The highest BCUT2D eigenvalue weighted by molar-refractivity contribution is 7.13. The van der Waals surface area contributed by atoms with Gasteiger partial charge < -0.3 is 53.8 Å². The molecule has 9 rings (SSSR count). The Hall–Kier alpha value is -6.41. The van der Waals surface area contributed by atoms with Crippen LogP contribution in [-0.2, 0) is 61.2 Å². The molecule has 0 spiro atoms. The second kappa shape index (κ2) is 29.7. The largest absolute Gasteiger partial charge is 0.391 e. The number of benzene rings is 3. The van der Waals surface area contributed by atoms with Crippen LogP contribution in [-0.4, -0.2) is 189 Å². The van der Waals surface area contributed by atoms with Gasteiger partial charge in [-0.2, -0.15) is 0 Å². The number of aromatic nitrogens is 2. The number of amides is 3. The number of aromatic amines is 1. The molecule has 3 saturated heterocycles. The van der Waals surface area contributed by atoms with Crippen molar-refractivity contribution in [1.29, 1.82) is 0 Å². The van der Waals surface area contributed by atoms with Crippen LogP contribution in [0.3, 0.4) is 0 Å². The maximum atomic E-state index is 14.2. The van der Waals surface area contributed by atoms with Crippen molar-refractivity contribution in [2.75, 3.05) is 117 Å². The number of rotatable bonds is 28. The molecule has 1 aliphatic carbocycles. The summed E-state index contributed by atoms with van der Waals surface area (Å²) in [6.07, 6.45) is 2.66. The molecule has 3 aliphatic heterocycles. The standard InChI is InChI=1S/C67H88N8O11S/c1-9-46-36-53-54(67(6,7)63-60(61(53)79)52-15-14-48(68-8)37-56(52)71-63)40-57(46)73-20-16-49(17-21-73)72-22-24-74(25-23-72)59(78)19-27-83-29-31-85-33-35-86-34-32-84-30-28-82-26-18-50(76)38-55(66(3,4)5)65(81)75-42-51(77)39-58(75)64(80)69-41-45-10-12-47(13-11-45)62-44(2)70-43-87-62/h10-15,36-37,40,43,49,51,55,58,71,77H,9,16-35,38-39,41-42H2,1-7H3,(H,69,80)/t51-,55-,58+/m1/s1. The third kappa shape index (κ3) is 15.9. The Labute approximate surface area is 516 Å². The first kappa shape index (κ1) is 65.0. The fraction of sp³-hybridized carbons (Fsp3) is 0.567. The molecular formula is C67H88N8O11S. The van der Waals surface area contributed by atoms with Crippen LogP contribution in [0.15, 0.2) is 60.1 Å². The molecule has 5 aromatic rings. The Balaban J connectivity index is 0.574. The number of thiazole rings is 1. The Kier molecular flexibility index (Phi) is 22.2. The average Bonchev–Trinajstić information content (AvgIpc) is 1.69. The third-order valence-electron chi connectivity index (χ3n) is 17.8. The fourth-order valence-corrected chi connectivity index (χ4v) is 13.5. The average molecular weight is 1210 g/mol. The third-order valence-corrected chi connectivity index (χ3v) is 18.8. The lowest BCUT2D eigenvalue weighted by atomic mass is 9.70. The van der Waals surface area contributed by atoms with E-state index >= 15 is 0 Å². The van der Waals surface area contributed by atoms with Gasteiger partial charge in [0, 0.05) is 117 Å². The zero-order valence-corrected chi connectivity index (χ0v) is 52.7. The van der Waals surface area contributed by atoms with Crippen LogP contribution in [0.25, 0.3) is 26.2 Å². The van der Waals surface area contributed by atoms with Crippen molar-refractivity contribution in [3.05, 3.63) is 111 Å². The van der Waals surface area contributed by atoms with E-state index in [1.165, 1.54) is 16.2 Å². The van der Waals surface area contributed by atoms with Gasteiger partial charge in [-0.1, -0.05) is 77.9 Å². The number of piperazine rings is 1. The minimum absolute atomic E-state index is 0.00138. The highest BCUT2D eigenvalue weighted by Gasteiger charge is 2.45. The van der Waals surface area contributed by atoms with Crippen LogP contribution in [0.4, 0.5) is 11.4 Å². The van der Waals surface area contributed by atoms with Gasteiger partial charge in [0.05, 0.1) is 107 Å². The summed E-state index contributed by atoms with van der Waals surface area (Å²) in [5.74, 6) is -1.29. The van der Waals surface area contributed by atoms with Crippen molar-refractivity contribution < 1.29 is 52.8 Å². The van der Waals surface area contributed by atoms with Gasteiger partial charge >= 0.3 is 0 Å². The van der Waals surface area contributed by atoms with Gasteiger partial charge in [0.25, 0.3) is 0 Å². The van der Waals surface area contributed by atoms with E-state index in [4.69, 9.17) is 30.3 Å². The van der Waals surface area contributed by atoms with Crippen LogP contribution in [0.5, 0.6) is 0 Å². The van der Waals surface area contributed by atoms with Crippen molar-refractivity contribution >= 4 is 62.9 Å². The molecule has 4 aliphatic rings. The summed E-state index contributed by atoms with van der Waals surface area (Å²) in [5.41, 5.74) is 11.0. The number of piperidine rings is 1. The first-order valence-electron chi connectivity index (χ1n) is 31.0. The number of ketones is 2. The molecule has 3 fully saturated rings. The van der Waals surface area contributed by atoms with Gasteiger partial charge in [-0.05, 0) is 72.1 Å². The number of β-amino-alcohol motifs (C(OH)–C–C–N with tert-alkyl or cyclic N) is 1. The maximum absolute atomic E-state index is 14.2. The lowest BCUT2D eigenvalue weighted by molar-refractivity contribution is -0.146. The molecule has 0 unspecified atom stereocenters. The molecule has 3 atom stereocenters. The number of aryl methyl sites for hydroxylation is 2. The zero-order valence-electron chi connectivity index (χ0n) is 51.9. The van der Waals surface area contributed by atoms with E-state index in [0.717, 1.165) is 100 Å². The zero-order chi connectivity index (χ0) is 61.8. The lowest BCUT2D eigenvalue weighted by Gasteiger charge is -2.44. The molecule has 0 saturated carbocycles. The van der Waals surface area contributed by atoms with E-state index in [9.17, 15) is 29.1 Å². The predicted molar refractivity (Wildman–Crippen MR) is 335 cm³/mol. The van der Waals surface area contributed by atoms with Gasteiger partial charge in [0.2, 0.25) is 17.7 Å². The number of Topliss-reactive ketones (excluding diaryl/α,β-unsaturated/α-hetero) is 1. The number of ether oxygens (including phenoxy) is 5. The Morgan fingerprint density at radius 1 is 0.851 bits per heavy atom. The highest BCUT2D eigenvalue weighted by Crippen LogP contribution is 2.46. The quantitative estimate of drug-likeness (QED) is 0.0317. The van der Waals surface area contributed by atoms with Crippen molar-refractivity contribution in [1.82, 2.24) is 30.0 Å². The second-order valence-corrected chi connectivity index (χ2v) is 25.8. The maximum Gasteiger partial charge on any atom is 0.243 e. The summed E-state index contributed by atoms with van der Waals surface area (Å²) >= 11 is 1.58. The second-order valence-electron chi connectivity index (χ2n) is 25.0. The van der Waals surface area contributed by atoms with Crippen LogP contribution < -0.4 is 10.2 Å². The Morgan fingerprint density at radius 3 is 2.08 bits per heavy atom. The van der Waals surface area contributed by atoms with Gasteiger partial charge in [-0.15, -0.1) is 11.3 Å². The minimum atomic E-state index is -0.840. The van der Waals surface area contributed by atoms with Crippen molar-refractivity contribution in [2.24, 2.45) is 11.3 Å². The number of hydrogen-bond donors (Lipinski definition) is 3. The van der Waals surface area contributed by atoms with Crippen LogP contribution in [0, 0.1) is 24.8 Å². The minimum Gasteiger partial charge on any atom is -0.391 e. The summed E-state index contributed by atoms with van der Waals surface area (Å²) in [4.78, 5) is 89.0. The van der Waals surface area contributed by atoms with Gasteiger partial charge in [0.15, 0.2) is 11.5 Å². The molecule has 0 bridgehead atoms. The number of anilines is 1.